The quantitative estimate of drug-likeness (QED) is 0.250. The SMILES string of the molecule is CO.O=P(O)(O)OP(=O)(O)OP(=O)(O)OC[C@@H]1CC[C@H](CC2CCC2)O1.[B].[HH]. The van der Waals surface area contributed by atoms with Gasteiger partial charge in [-0.05, 0) is 25.2 Å². The van der Waals surface area contributed by atoms with E-state index in [2.05, 4.69) is 13.1 Å². The number of ether oxygens (including phenoxy) is 1. The molecule has 0 aromatic carbocycles. The molecule has 2 unspecified atom stereocenters. The van der Waals surface area contributed by atoms with Crippen molar-refractivity contribution in [1.29, 1.82) is 0 Å². The molecule has 0 bridgehead atoms. The van der Waals surface area contributed by atoms with Gasteiger partial charge in [-0.25, -0.2) is 13.7 Å². The van der Waals surface area contributed by atoms with Gasteiger partial charge in [0.2, 0.25) is 0 Å². The first-order chi connectivity index (χ1) is 11.9. The summed E-state index contributed by atoms with van der Waals surface area (Å²) < 4.78 is 50.8. The van der Waals surface area contributed by atoms with Crippen molar-refractivity contribution in [3.8, 4) is 0 Å². The minimum atomic E-state index is -5.47. The first-order valence-electron chi connectivity index (χ1n) is 7.83. The molecule has 0 amide bonds. The topological polar surface area (TPSA) is 189 Å². The van der Waals surface area contributed by atoms with Crippen molar-refractivity contribution in [2.24, 2.45) is 5.92 Å². The second-order valence-corrected chi connectivity index (χ2v) is 10.3. The molecule has 3 radical (unpaired) electrons. The lowest BCUT2D eigenvalue weighted by molar-refractivity contribution is -0.00381. The van der Waals surface area contributed by atoms with Gasteiger partial charge in [0.15, 0.2) is 0 Å². The molecule has 1 aliphatic heterocycles. The molecule has 4 atom stereocenters. The highest BCUT2D eigenvalue weighted by Gasteiger charge is 2.41. The summed E-state index contributed by atoms with van der Waals surface area (Å²) in [6.45, 7) is -0.356. The number of phosphoric acid groups is 3. The van der Waals surface area contributed by atoms with E-state index < -0.39 is 29.6 Å². The van der Waals surface area contributed by atoms with Crippen molar-refractivity contribution in [2.45, 2.75) is 50.7 Å². The minimum absolute atomic E-state index is 0. The molecule has 1 saturated heterocycles. The molecule has 27 heavy (non-hydrogen) atoms. The zero-order chi connectivity index (χ0) is 20.0. The van der Waals surface area contributed by atoms with Gasteiger partial charge in [0.1, 0.15) is 0 Å². The van der Waals surface area contributed by atoms with Crippen molar-refractivity contribution >= 4 is 31.9 Å². The predicted molar refractivity (Wildman–Crippen MR) is 95.7 cm³/mol. The summed E-state index contributed by atoms with van der Waals surface area (Å²) in [7, 11) is -14.9. The van der Waals surface area contributed by atoms with Gasteiger partial charge in [0.25, 0.3) is 0 Å². The average Bonchev–Trinajstić information content (AvgIpc) is 2.87. The molecule has 0 aromatic heterocycles. The zero-order valence-corrected chi connectivity index (χ0v) is 17.4. The van der Waals surface area contributed by atoms with Gasteiger partial charge in [-0.2, -0.15) is 8.62 Å². The van der Waals surface area contributed by atoms with Crippen LogP contribution in [0.15, 0.2) is 0 Å². The van der Waals surface area contributed by atoms with E-state index in [1.54, 1.807) is 0 Å². The molecule has 5 N–H and O–H groups in total. The van der Waals surface area contributed by atoms with E-state index >= 15 is 0 Å². The van der Waals surface area contributed by atoms with Gasteiger partial charge in [0.05, 0.1) is 18.8 Å². The lowest BCUT2D eigenvalue weighted by atomic mass is 9.81. The van der Waals surface area contributed by atoms with Gasteiger partial charge in [-0.15, -0.1) is 0 Å². The fourth-order valence-electron chi connectivity index (χ4n) is 2.66. The van der Waals surface area contributed by atoms with Gasteiger partial charge in [0, 0.05) is 16.9 Å². The Balaban J connectivity index is 0. The van der Waals surface area contributed by atoms with Crippen molar-refractivity contribution in [2.75, 3.05) is 13.7 Å². The van der Waals surface area contributed by atoms with E-state index in [0.29, 0.717) is 12.3 Å². The third-order valence-corrected chi connectivity index (χ3v) is 7.66. The molecule has 2 fully saturated rings. The van der Waals surface area contributed by atoms with Crippen LogP contribution in [0.3, 0.4) is 0 Å². The van der Waals surface area contributed by atoms with Crippen LogP contribution in [0.2, 0.25) is 0 Å². The van der Waals surface area contributed by atoms with Gasteiger partial charge >= 0.3 is 23.5 Å². The van der Waals surface area contributed by atoms with Crippen LogP contribution in [0.1, 0.15) is 40.0 Å². The molecule has 1 aliphatic carbocycles. The maximum atomic E-state index is 11.6. The van der Waals surface area contributed by atoms with Crippen molar-refractivity contribution in [3.05, 3.63) is 0 Å². The Kier molecular flexibility index (Phi) is 11.7. The van der Waals surface area contributed by atoms with Crippen LogP contribution in [-0.2, 0) is 31.6 Å². The number of aliphatic hydroxyl groups excluding tert-OH is 1. The lowest BCUT2D eigenvalue weighted by Crippen LogP contribution is -2.21. The van der Waals surface area contributed by atoms with Crippen LogP contribution in [0.4, 0.5) is 0 Å². The molecule has 0 aromatic rings. The van der Waals surface area contributed by atoms with Gasteiger partial charge < -0.3 is 29.4 Å². The Morgan fingerprint density at radius 1 is 0.926 bits per heavy atom. The molecular weight excluding hydrogens is 428 g/mol. The smallest absolute Gasteiger partial charge is 0.400 e. The van der Waals surface area contributed by atoms with Crippen molar-refractivity contribution in [1.82, 2.24) is 0 Å². The number of phosphoric ester groups is 1. The second-order valence-electron chi connectivity index (χ2n) is 5.88. The number of hydrogen-bond acceptors (Lipinski definition) is 8. The lowest BCUT2D eigenvalue weighted by Gasteiger charge is -2.28. The monoisotopic (exact) mass is 455 g/mol. The van der Waals surface area contributed by atoms with E-state index in [9.17, 15) is 18.6 Å². The molecule has 0 spiro atoms. The Bertz CT molecular complexity index is 585. The normalized spacial score (nSPS) is 27.3. The molecule has 161 valence electrons. The third-order valence-electron chi connectivity index (χ3n) is 3.86. The average molecular weight is 455 g/mol. The number of hydrogen-bond donors (Lipinski definition) is 5. The highest BCUT2D eigenvalue weighted by molar-refractivity contribution is 7.66. The first-order valence-corrected chi connectivity index (χ1v) is 12.3. The van der Waals surface area contributed by atoms with E-state index in [-0.39, 0.29) is 22.6 Å². The van der Waals surface area contributed by atoms with Gasteiger partial charge in [-0.3, -0.25) is 4.52 Å². The maximum Gasteiger partial charge on any atom is 0.490 e. The van der Waals surface area contributed by atoms with Crippen molar-refractivity contribution in [3.63, 3.8) is 0 Å². The number of aliphatic hydroxyl groups is 1. The van der Waals surface area contributed by atoms with Crippen LogP contribution in [-0.4, -0.2) is 59.0 Å². The fraction of sp³-hybridized carbons (Fsp3) is 1.00. The summed E-state index contributed by atoms with van der Waals surface area (Å²) in [5.74, 6) is 0.659. The molecule has 2 aliphatic rings. The minimum Gasteiger partial charge on any atom is -0.400 e. The maximum absolute atomic E-state index is 11.6. The van der Waals surface area contributed by atoms with E-state index in [1.165, 1.54) is 19.3 Å². The Labute approximate surface area is 160 Å². The second kappa shape index (κ2) is 11.5. The first kappa shape index (κ1) is 27.4. The molecule has 16 heteroatoms. The highest BCUT2D eigenvalue weighted by atomic mass is 31.3. The molecule has 2 rings (SSSR count). The zero-order valence-electron chi connectivity index (χ0n) is 14.7. The van der Waals surface area contributed by atoms with Crippen LogP contribution >= 0.6 is 23.5 Å². The standard InChI is InChI=1S/C10H21O11P3.CH4O.B.H2/c11-22(12,13)20-24(16,17)21-23(14,15)18-7-10-5-4-9(19-10)6-8-2-1-3-8;1-2;;/h8-10H,1-7H2,(H,14,15)(H,16,17)(H2,11,12,13);2H,1H3;;1H/t9-,10+;;;/m1.../s1. The Morgan fingerprint density at radius 2 is 1.48 bits per heavy atom. The summed E-state index contributed by atoms with van der Waals surface area (Å²) >= 11 is 0. The predicted octanol–water partition coefficient (Wildman–Crippen LogP) is 1.54. The van der Waals surface area contributed by atoms with Crippen LogP contribution in [0.5, 0.6) is 0 Å². The molecule has 12 nitrogen and oxygen atoms in total. The summed E-state index contributed by atoms with van der Waals surface area (Å²) in [6, 6.07) is 0. The Hall–Kier alpha value is 0.395. The Morgan fingerprint density at radius 3 is 1.96 bits per heavy atom. The molecule has 1 saturated carbocycles. The van der Waals surface area contributed by atoms with Crippen LogP contribution in [0, 0.1) is 5.92 Å². The molecule has 1 heterocycles. The van der Waals surface area contributed by atoms with E-state index in [4.69, 9.17) is 24.5 Å². The summed E-state index contributed by atoms with van der Waals surface area (Å²) in [6.07, 6.45) is 5.54. The van der Waals surface area contributed by atoms with Crippen LogP contribution < -0.4 is 0 Å². The van der Waals surface area contributed by atoms with E-state index in [0.717, 1.165) is 20.0 Å². The highest BCUT2D eigenvalue weighted by Crippen LogP contribution is 2.66. The summed E-state index contributed by atoms with van der Waals surface area (Å²) in [4.78, 5) is 35.2. The molecular formula is C11H27BO12P3. The fourth-order valence-corrected chi connectivity index (χ4v) is 5.71. The van der Waals surface area contributed by atoms with Crippen molar-refractivity contribution < 1.29 is 57.7 Å². The van der Waals surface area contributed by atoms with Crippen LogP contribution in [0.25, 0.3) is 0 Å². The largest absolute Gasteiger partial charge is 0.490 e. The summed E-state index contributed by atoms with van der Waals surface area (Å²) in [5, 5.41) is 7.00. The summed E-state index contributed by atoms with van der Waals surface area (Å²) in [5.41, 5.74) is 0. The number of rotatable bonds is 9. The van der Waals surface area contributed by atoms with Gasteiger partial charge in [-0.1, -0.05) is 19.3 Å². The third kappa shape index (κ3) is 11.2. The van der Waals surface area contributed by atoms with E-state index in [1.807, 2.05) is 0 Å².